The predicted octanol–water partition coefficient (Wildman–Crippen LogP) is 11.5. The van der Waals surface area contributed by atoms with Gasteiger partial charge in [0.15, 0.2) is 6.10 Å². The SMILES string of the molecule is CCCCC/C=C\C/C=C\CCCCCCCCCC(=O)O[C@H](COC(=O)CCC/C=C\C/C=C\CC1OC1C/C=C\CCCCC)COP(=O)(O)OCCN. The molecule has 0 aromatic carbocycles. The molecule has 3 N–H and O–H groups in total. The van der Waals surface area contributed by atoms with Crippen molar-refractivity contribution < 1.29 is 42.3 Å². The predicted molar refractivity (Wildman–Crippen MR) is 228 cm³/mol. The van der Waals surface area contributed by atoms with Gasteiger partial charge in [-0.1, -0.05) is 132 Å². The van der Waals surface area contributed by atoms with Gasteiger partial charge in [0.25, 0.3) is 0 Å². The zero-order valence-electron chi connectivity index (χ0n) is 35.0. The third-order valence-electron chi connectivity index (χ3n) is 9.28. The molecular weight excluding hydrogens is 729 g/mol. The summed E-state index contributed by atoms with van der Waals surface area (Å²) in [6.45, 7) is 3.58. The summed E-state index contributed by atoms with van der Waals surface area (Å²) in [5, 5.41) is 0. The topological polar surface area (TPSA) is 147 Å². The molecule has 1 aliphatic rings. The second-order valence-electron chi connectivity index (χ2n) is 14.6. The first-order valence-corrected chi connectivity index (χ1v) is 23.4. The van der Waals surface area contributed by atoms with Crippen LogP contribution in [0, 0.1) is 0 Å². The summed E-state index contributed by atoms with van der Waals surface area (Å²) in [5.74, 6) is -0.913. The number of allylic oxidation sites excluding steroid dienone is 8. The molecule has 0 radical (unpaired) electrons. The van der Waals surface area contributed by atoms with Crippen molar-refractivity contribution in [2.24, 2.45) is 5.73 Å². The molecule has 0 amide bonds. The van der Waals surface area contributed by atoms with Gasteiger partial charge >= 0.3 is 19.8 Å². The third kappa shape index (κ3) is 33.8. The smallest absolute Gasteiger partial charge is 0.462 e. The number of phosphoric acid groups is 1. The van der Waals surface area contributed by atoms with Gasteiger partial charge in [0.1, 0.15) is 6.61 Å². The Kier molecular flexibility index (Phi) is 34.1. The molecule has 0 bridgehead atoms. The first kappa shape index (κ1) is 51.7. The maximum absolute atomic E-state index is 12.6. The van der Waals surface area contributed by atoms with E-state index in [0.717, 1.165) is 64.2 Å². The monoisotopic (exact) mass is 808 g/mol. The van der Waals surface area contributed by atoms with E-state index in [0.29, 0.717) is 25.0 Å². The molecule has 1 heterocycles. The lowest BCUT2D eigenvalue weighted by Gasteiger charge is -2.19. The number of carbonyl (C=O) groups excluding carboxylic acids is 2. The molecule has 0 aromatic rings. The summed E-state index contributed by atoms with van der Waals surface area (Å²) < 4.78 is 38.5. The first-order chi connectivity index (χ1) is 27.3. The molecule has 1 saturated heterocycles. The van der Waals surface area contributed by atoms with E-state index >= 15 is 0 Å². The highest BCUT2D eigenvalue weighted by molar-refractivity contribution is 7.47. The molecule has 0 saturated carbocycles. The maximum atomic E-state index is 12.6. The molecule has 10 nitrogen and oxygen atoms in total. The molecular formula is C45H78NO9P. The highest BCUT2D eigenvalue weighted by Crippen LogP contribution is 2.43. The lowest BCUT2D eigenvalue weighted by Crippen LogP contribution is -2.29. The molecule has 0 aliphatic carbocycles. The van der Waals surface area contributed by atoms with Crippen LogP contribution in [0.15, 0.2) is 60.8 Å². The van der Waals surface area contributed by atoms with E-state index in [1.807, 2.05) is 6.08 Å². The Labute approximate surface area is 340 Å². The summed E-state index contributed by atoms with van der Waals surface area (Å²) in [7, 11) is -4.40. The number of nitrogens with two attached hydrogens (primary N) is 1. The van der Waals surface area contributed by atoms with Crippen LogP contribution in [-0.2, 0) is 37.4 Å². The van der Waals surface area contributed by atoms with Gasteiger partial charge in [-0.15, -0.1) is 0 Å². The van der Waals surface area contributed by atoms with Crippen LogP contribution in [0.25, 0.3) is 0 Å². The number of ether oxygens (including phenoxy) is 3. The normalized spacial score (nSPS) is 17.5. The summed E-state index contributed by atoms with van der Waals surface area (Å²) in [4.78, 5) is 34.9. The number of carbonyl (C=O) groups is 2. The van der Waals surface area contributed by atoms with Gasteiger partial charge < -0.3 is 24.8 Å². The average molecular weight is 808 g/mol. The summed E-state index contributed by atoms with van der Waals surface area (Å²) in [6, 6.07) is 0. The zero-order valence-corrected chi connectivity index (χ0v) is 35.9. The molecule has 3 unspecified atom stereocenters. The number of phosphoric ester groups is 1. The van der Waals surface area contributed by atoms with Crippen molar-refractivity contribution in [1.29, 1.82) is 0 Å². The minimum atomic E-state index is -4.40. The van der Waals surface area contributed by atoms with Crippen LogP contribution in [0.2, 0.25) is 0 Å². The summed E-state index contributed by atoms with van der Waals surface area (Å²) in [6.07, 6.45) is 45.7. The third-order valence-corrected chi connectivity index (χ3v) is 10.3. The zero-order chi connectivity index (χ0) is 40.8. The Morgan fingerprint density at radius 2 is 1.11 bits per heavy atom. The number of hydrogen-bond donors (Lipinski definition) is 2. The lowest BCUT2D eigenvalue weighted by molar-refractivity contribution is -0.161. The van der Waals surface area contributed by atoms with Gasteiger partial charge in [-0.25, -0.2) is 4.57 Å². The number of epoxide rings is 1. The van der Waals surface area contributed by atoms with Gasteiger partial charge in [-0.05, 0) is 83.5 Å². The summed E-state index contributed by atoms with van der Waals surface area (Å²) >= 11 is 0. The number of hydrogen-bond acceptors (Lipinski definition) is 9. The fraction of sp³-hybridized carbons (Fsp3) is 0.733. The van der Waals surface area contributed by atoms with E-state index in [1.165, 1.54) is 64.2 Å². The van der Waals surface area contributed by atoms with E-state index in [-0.39, 0.29) is 32.6 Å². The standard InChI is InChI=1S/C45H78NO9P/c1-3-5-7-9-11-12-13-14-15-16-17-18-19-20-23-28-32-36-45(48)54-41(40-53-56(49,50)52-38-37-46)39-51-44(47)35-31-27-24-21-22-26-30-34-43-42(55-43)33-29-25-10-8-6-4-2/h11-12,14-15,21,24-26,29-30,41-43H,3-10,13,16-20,22-23,27-28,31-40,46H2,1-2H3,(H,49,50)/b12-11-,15-14-,24-21-,29-25-,30-26-/t41-,42?,43?/m1/s1. The molecule has 1 aliphatic heterocycles. The largest absolute Gasteiger partial charge is 0.472 e. The molecule has 4 atom stereocenters. The Balaban J connectivity index is 2.23. The van der Waals surface area contributed by atoms with Crippen LogP contribution in [0.4, 0.5) is 0 Å². The van der Waals surface area contributed by atoms with E-state index in [4.69, 9.17) is 29.0 Å². The molecule has 0 spiro atoms. The quantitative estimate of drug-likeness (QED) is 0.0202. The van der Waals surface area contributed by atoms with Crippen molar-refractivity contribution in [3.63, 3.8) is 0 Å². The van der Waals surface area contributed by atoms with Crippen molar-refractivity contribution in [1.82, 2.24) is 0 Å². The van der Waals surface area contributed by atoms with Gasteiger partial charge in [0.05, 0.1) is 25.4 Å². The van der Waals surface area contributed by atoms with E-state index in [1.54, 1.807) is 0 Å². The van der Waals surface area contributed by atoms with Crippen molar-refractivity contribution in [3.8, 4) is 0 Å². The van der Waals surface area contributed by atoms with Crippen molar-refractivity contribution in [2.75, 3.05) is 26.4 Å². The van der Waals surface area contributed by atoms with Crippen LogP contribution < -0.4 is 5.73 Å². The summed E-state index contributed by atoms with van der Waals surface area (Å²) in [5.41, 5.74) is 5.34. The minimum Gasteiger partial charge on any atom is -0.462 e. The van der Waals surface area contributed by atoms with Crippen LogP contribution in [0.1, 0.15) is 168 Å². The second-order valence-corrected chi connectivity index (χ2v) is 16.0. The van der Waals surface area contributed by atoms with Gasteiger partial charge in [0, 0.05) is 19.4 Å². The molecule has 56 heavy (non-hydrogen) atoms. The fourth-order valence-corrected chi connectivity index (χ4v) is 6.64. The van der Waals surface area contributed by atoms with Gasteiger partial charge in [0.2, 0.25) is 0 Å². The fourth-order valence-electron chi connectivity index (χ4n) is 5.87. The maximum Gasteiger partial charge on any atom is 0.472 e. The van der Waals surface area contributed by atoms with E-state index in [2.05, 4.69) is 68.5 Å². The van der Waals surface area contributed by atoms with Crippen LogP contribution in [-0.4, -0.2) is 61.5 Å². The van der Waals surface area contributed by atoms with Crippen LogP contribution >= 0.6 is 7.82 Å². The Hall–Kier alpha value is -2.33. The van der Waals surface area contributed by atoms with Gasteiger partial charge in [-0.2, -0.15) is 0 Å². The number of esters is 2. The van der Waals surface area contributed by atoms with E-state index in [9.17, 15) is 19.0 Å². The highest BCUT2D eigenvalue weighted by Gasteiger charge is 2.36. The molecule has 1 fully saturated rings. The number of unbranched alkanes of at least 4 members (excludes halogenated alkanes) is 14. The Morgan fingerprint density at radius 3 is 1.70 bits per heavy atom. The lowest BCUT2D eigenvalue weighted by atomic mass is 10.1. The van der Waals surface area contributed by atoms with Crippen molar-refractivity contribution >= 4 is 19.8 Å². The van der Waals surface area contributed by atoms with Crippen molar-refractivity contribution in [3.05, 3.63) is 60.8 Å². The first-order valence-electron chi connectivity index (χ1n) is 21.9. The molecule has 0 aromatic heterocycles. The molecule has 11 heteroatoms. The molecule has 322 valence electrons. The minimum absolute atomic E-state index is 0.0400. The van der Waals surface area contributed by atoms with Crippen LogP contribution in [0.3, 0.4) is 0 Å². The Morgan fingerprint density at radius 1 is 0.625 bits per heavy atom. The van der Waals surface area contributed by atoms with Gasteiger partial charge in [-0.3, -0.25) is 18.6 Å². The average Bonchev–Trinajstić information content (AvgIpc) is 3.94. The van der Waals surface area contributed by atoms with Crippen LogP contribution in [0.5, 0.6) is 0 Å². The number of rotatable bonds is 39. The highest BCUT2D eigenvalue weighted by atomic mass is 31.2. The Bertz CT molecular complexity index is 1170. The second kappa shape index (κ2) is 37.0. The van der Waals surface area contributed by atoms with Crippen molar-refractivity contribution in [2.45, 2.75) is 186 Å². The van der Waals surface area contributed by atoms with E-state index < -0.39 is 32.5 Å². The molecule has 1 rings (SSSR count).